The Balaban J connectivity index is 1.12. The van der Waals surface area contributed by atoms with Crippen molar-refractivity contribution in [3.05, 3.63) is 185 Å². The van der Waals surface area contributed by atoms with E-state index >= 15 is 0 Å². The fourth-order valence-electron chi connectivity index (χ4n) is 11.2. The Morgan fingerprint density at radius 3 is 1.77 bits per heavy atom. The van der Waals surface area contributed by atoms with Crippen LogP contribution in [-0.4, -0.2) is 0 Å². The maximum absolute atomic E-state index is 2.60. The number of hydrogen-bond acceptors (Lipinski definition) is 1. The molecule has 3 aliphatic carbocycles. The molecule has 0 aliphatic heterocycles. The van der Waals surface area contributed by atoms with Gasteiger partial charge in [-0.15, -0.1) is 0 Å². The predicted octanol–water partition coefficient (Wildman–Crippen LogP) is 18.0. The summed E-state index contributed by atoms with van der Waals surface area (Å²) in [5, 5.41) is 0. The molecule has 1 fully saturated rings. The summed E-state index contributed by atoms with van der Waals surface area (Å²) in [5.41, 5.74) is 24.3. The maximum atomic E-state index is 2.60. The second-order valence-electron chi connectivity index (χ2n) is 22.0. The number of rotatable bonds is 7. The van der Waals surface area contributed by atoms with Crippen molar-refractivity contribution in [1.82, 2.24) is 0 Å². The highest BCUT2D eigenvalue weighted by Crippen LogP contribution is 2.52. The van der Waals surface area contributed by atoms with Crippen LogP contribution in [0.1, 0.15) is 145 Å². The summed E-state index contributed by atoms with van der Waals surface area (Å²) in [6.45, 7) is 18.8. The minimum atomic E-state index is -0.0975. The molecule has 0 aromatic heterocycles. The van der Waals surface area contributed by atoms with Crippen LogP contribution in [0.4, 0.5) is 17.1 Å². The number of hydrogen-bond donors (Lipinski definition) is 0. The first-order chi connectivity index (χ1) is 30.7. The lowest BCUT2D eigenvalue weighted by atomic mass is 9.79. The first-order valence-electron chi connectivity index (χ1n) is 24.4. The van der Waals surface area contributed by atoms with Crippen LogP contribution in [0.2, 0.25) is 0 Å². The minimum Gasteiger partial charge on any atom is -0.310 e. The molecule has 0 amide bonds. The van der Waals surface area contributed by atoms with Crippen molar-refractivity contribution in [2.75, 3.05) is 4.90 Å². The predicted molar refractivity (Wildman–Crippen MR) is 275 cm³/mol. The molecule has 1 saturated carbocycles. The average molecular weight is 838 g/mol. The molecule has 64 heavy (non-hydrogen) atoms. The third kappa shape index (κ3) is 7.95. The SMILES string of the molecule is CC(C)(C)c1cc(-c2cccc(-c3cc4c(c(N(c5ccc(-c6cccc(C7CCCCC7)c6)cc5)c5ccc6c(c5)C(C)(C)c5ccccc5-6)c3)CCCC4)c2)cc(C(C)(C)C)c1. The van der Waals surface area contributed by atoms with Gasteiger partial charge in [-0.2, -0.15) is 0 Å². The highest BCUT2D eigenvalue weighted by molar-refractivity contribution is 5.88. The van der Waals surface area contributed by atoms with Crippen LogP contribution in [0.25, 0.3) is 44.5 Å². The number of fused-ring (bicyclic) bond motifs is 4. The molecule has 0 radical (unpaired) electrons. The standard InChI is InChI=1S/C63H67N/c1-61(2,3)51-37-50(38-52(40-51)62(4,5)6)47-24-17-23-46(35-47)49-36-48-20-12-13-25-55(48)60(39-49)64(54-32-33-57-56-26-14-15-27-58(56)63(7,8)59(57)41-54)53-30-28-43(29-31-53)45-22-16-21-44(34-45)42-18-10-9-11-19-42/h14-17,21-24,26-42H,9-13,18-20,25H2,1-8H3. The molecular weight excluding hydrogens is 771 g/mol. The van der Waals surface area contributed by atoms with E-state index in [1.165, 1.54) is 145 Å². The molecule has 324 valence electrons. The number of anilines is 3. The van der Waals surface area contributed by atoms with Gasteiger partial charge >= 0.3 is 0 Å². The van der Waals surface area contributed by atoms with E-state index in [9.17, 15) is 0 Å². The molecule has 7 aromatic rings. The quantitative estimate of drug-likeness (QED) is 0.155. The highest BCUT2D eigenvalue weighted by atomic mass is 15.1. The Kier molecular flexibility index (Phi) is 10.8. The zero-order valence-electron chi connectivity index (χ0n) is 39.7. The van der Waals surface area contributed by atoms with Crippen molar-refractivity contribution >= 4 is 17.1 Å². The molecule has 0 bridgehead atoms. The van der Waals surface area contributed by atoms with E-state index in [1.807, 2.05) is 0 Å². The van der Waals surface area contributed by atoms with Gasteiger partial charge < -0.3 is 4.90 Å². The van der Waals surface area contributed by atoms with Gasteiger partial charge in [0.2, 0.25) is 0 Å². The molecule has 3 aliphatic rings. The van der Waals surface area contributed by atoms with Crippen molar-refractivity contribution in [2.24, 2.45) is 0 Å². The van der Waals surface area contributed by atoms with Gasteiger partial charge in [0, 0.05) is 16.8 Å². The van der Waals surface area contributed by atoms with E-state index in [0.717, 1.165) is 12.8 Å². The zero-order chi connectivity index (χ0) is 44.4. The van der Waals surface area contributed by atoms with Crippen LogP contribution >= 0.6 is 0 Å². The first kappa shape index (κ1) is 42.3. The van der Waals surface area contributed by atoms with E-state index < -0.39 is 0 Å². The summed E-state index contributed by atoms with van der Waals surface area (Å²) in [6.07, 6.45) is 11.4. The molecule has 10 rings (SSSR count). The summed E-state index contributed by atoms with van der Waals surface area (Å²) in [4.78, 5) is 2.60. The lowest BCUT2D eigenvalue weighted by Crippen LogP contribution is -2.18. The molecule has 0 saturated heterocycles. The second kappa shape index (κ2) is 16.4. The average Bonchev–Trinajstić information content (AvgIpc) is 3.54. The minimum absolute atomic E-state index is 0.0528. The molecule has 0 atom stereocenters. The molecule has 1 heteroatoms. The summed E-state index contributed by atoms with van der Waals surface area (Å²) < 4.78 is 0. The van der Waals surface area contributed by atoms with Crippen molar-refractivity contribution in [3.8, 4) is 44.5 Å². The van der Waals surface area contributed by atoms with Gasteiger partial charge in [-0.05, 0) is 175 Å². The maximum Gasteiger partial charge on any atom is 0.0502 e. The Bertz CT molecular complexity index is 2820. The molecule has 7 aromatic carbocycles. The van der Waals surface area contributed by atoms with Crippen LogP contribution in [0.5, 0.6) is 0 Å². The lowest BCUT2D eigenvalue weighted by molar-refractivity contribution is 0.444. The fraction of sp³-hybridized carbons (Fsp3) is 0.333. The van der Waals surface area contributed by atoms with E-state index in [1.54, 1.807) is 0 Å². The normalized spacial score (nSPS) is 15.9. The van der Waals surface area contributed by atoms with Gasteiger partial charge in [-0.25, -0.2) is 0 Å². The fourth-order valence-corrected chi connectivity index (χ4v) is 11.2. The third-order valence-corrected chi connectivity index (χ3v) is 15.1. The summed E-state index contributed by atoms with van der Waals surface area (Å²) in [6, 6.07) is 56.9. The molecule has 0 N–H and O–H groups in total. The molecule has 0 spiro atoms. The second-order valence-corrected chi connectivity index (χ2v) is 22.0. The van der Waals surface area contributed by atoms with Gasteiger partial charge in [0.25, 0.3) is 0 Å². The van der Waals surface area contributed by atoms with E-state index in [4.69, 9.17) is 0 Å². The molecular formula is C63H67N. The lowest BCUT2D eigenvalue weighted by Gasteiger charge is -2.32. The Morgan fingerprint density at radius 2 is 1.06 bits per heavy atom. The van der Waals surface area contributed by atoms with Crippen molar-refractivity contribution < 1.29 is 0 Å². The van der Waals surface area contributed by atoms with Gasteiger partial charge in [0.15, 0.2) is 0 Å². The monoisotopic (exact) mass is 838 g/mol. The molecule has 0 heterocycles. The van der Waals surface area contributed by atoms with Gasteiger partial charge in [-0.3, -0.25) is 0 Å². The highest BCUT2D eigenvalue weighted by Gasteiger charge is 2.36. The molecule has 0 unspecified atom stereocenters. The molecule has 1 nitrogen and oxygen atoms in total. The van der Waals surface area contributed by atoms with Crippen molar-refractivity contribution in [3.63, 3.8) is 0 Å². The third-order valence-electron chi connectivity index (χ3n) is 15.1. The Labute approximate surface area is 384 Å². The van der Waals surface area contributed by atoms with Crippen molar-refractivity contribution in [1.29, 1.82) is 0 Å². The Morgan fingerprint density at radius 1 is 0.453 bits per heavy atom. The van der Waals surface area contributed by atoms with E-state index in [2.05, 4.69) is 206 Å². The topological polar surface area (TPSA) is 3.24 Å². The van der Waals surface area contributed by atoms with Crippen molar-refractivity contribution in [2.45, 2.75) is 135 Å². The van der Waals surface area contributed by atoms with Gasteiger partial charge in [0.05, 0.1) is 5.69 Å². The summed E-state index contributed by atoms with van der Waals surface area (Å²) in [5.74, 6) is 0.687. The smallest absolute Gasteiger partial charge is 0.0502 e. The van der Waals surface area contributed by atoms with Crippen LogP contribution in [0, 0.1) is 0 Å². The van der Waals surface area contributed by atoms with Crippen LogP contribution in [0.15, 0.2) is 146 Å². The number of aryl methyl sites for hydroxylation is 1. The first-order valence-corrected chi connectivity index (χ1v) is 24.4. The zero-order valence-corrected chi connectivity index (χ0v) is 39.7. The largest absolute Gasteiger partial charge is 0.310 e. The van der Waals surface area contributed by atoms with Gasteiger partial charge in [-0.1, -0.05) is 184 Å². The van der Waals surface area contributed by atoms with E-state index in [-0.39, 0.29) is 16.2 Å². The Hall–Kier alpha value is -5.66. The van der Waals surface area contributed by atoms with E-state index in [0.29, 0.717) is 5.92 Å². The number of benzene rings is 7. The van der Waals surface area contributed by atoms with Crippen LogP contribution in [-0.2, 0) is 29.1 Å². The number of nitrogens with zero attached hydrogens (tertiary/aromatic N) is 1. The van der Waals surface area contributed by atoms with Crippen LogP contribution < -0.4 is 4.90 Å². The summed E-state index contributed by atoms with van der Waals surface area (Å²) >= 11 is 0. The van der Waals surface area contributed by atoms with Crippen LogP contribution in [0.3, 0.4) is 0 Å². The summed E-state index contributed by atoms with van der Waals surface area (Å²) in [7, 11) is 0. The van der Waals surface area contributed by atoms with Gasteiger partial charge in [0.1, 0.15) is 0 Å².